The first-order valence-electron chi connectivity index (χ1n) is 7.22. The van der Waals surface area contributed by atoms with Crippen molar-refractivity contribution in [3.63, 3.8) is 0 Å². The molecule has 0 aliphatic rings. The second-order valence-electron chi connectivity index (χ2n) is 5.48. The highest BCUT2D eigenvalue weighted by molar-refractivity contribution is 5.20. The molecule has 0 amide bonds. The van der Waals surface area contributed by atoms with Crippen LogP contribution in [0.2, 0.25) is 0 Å². The summed E-state index contributed by atoms with van der Waals surface area (Å²) in [5.41, 5.74) is -0.0609. The predicted molar refractivity (Wildman–Crippen MR) is 77.8 cm³/mol. The van der Waals surface area contributed by atoms with Gasteiger partial charge in [-0.05, 0) is 63.9 Å². The fraction of sp³-hybridized carbons (Fsp3) is 0.625. The van der Waals surface area contributed by atoms with Gasteiger partial charge in [0.15, 0.2) is 0 Å². The molecule has 2 nitrogen and oxygen atoms in total. The summed E-state index contributed by atoms with van der Waals surface area (Å²) in [4.78, 5) is 0. The SMILES string of the molecule is CCCNC(Cc1cc(F)ccc1F)C(C)(C)OCC. The first-order valence-corrected chi connectivity index (χ1v) is 7.22. The van der Waals surface area contributed by atoms with Gasteiger partial charge in [0.05, 0.1) is 5.60 Å². The molecule has 20 heavy (non-hydrogen) atoms. The highest BCUT2D eigenvalue weighted by Gasteiger charge is 2.30. The lowest BCUT2D eigenvalue weighted by Crippen LogP contribution is -2.50. The quantitative estimate of drug-likeness (QED) is 0.786. The van der Waals surface area contributed by atoms with E-state index in [2.05, 4.69) is 12.2 Å². The number of nitrogens with one attached hydrogen (secondary N) is 1. The molecular formula is C16H25F2NO. The lowest BCUT2D eigenvalue weighted by Gasteiger charge is -2.35. The first kappa shape index (κ1) is 17.1. The molecule has 114 valence electrons. The molecule has 0 saturated heterocycles. The Morgan fingerprint density at radius 2 is 1.95 bits per heavy atom. The van der Waals surface area contributed by atoms with E-state index in [-0.39, 0.29) is 11.9 Å². The molecule has 1 N–H and O–H groups in total. The number of hydrogen-bond donors (Lipinski definition) is 1. The minimum Gasteiger partial charge on any atom is -0.374 e. The van der Waals surface area contributed by atoms with Gasteiger partial charge in [-0.3, -0.25) is 0 Å². The van der Waals surface area contributed by atoms with Crippen molar-refractivity contribution in [2.75, 3.05) is 13.2 Å². The van der Waals surface area contributed by atoms with Gasteiger partial charge in [0, 0.05) is 12.6 Å². The van der Waals surface area contributed by atoms with Crippen LogP contribution in [0, 0.1) is 11.6 Å². The predicted octanol–water partition coefficient (Wildman–Crippen LogP) is 3.69. The van der Waals surface area contributed by atoms with Crippen LogP contribution in [0.4, 0.5) is 8.78 Å². The summed E-state index contributed by atoms with van der Waals surface area (Å²) < 4.78 is 32.8. The average Bonchev–Trinajstić information content (AvgIpc) is 2.38. The van der Waals surface area contributed by atoms with Crippen molar-refractivity contribution in [2.45, 2.75) is 52.2 Å². The maximum atomic E-state index is 13.8. The smallest absolute Gasteiger partial charge is 0.126 e. The van der Waals surface area contributed by atoms with Crippen LogP contribution in [0.25, 0.3) is 0 Å². The zero-order valence-corrected chi connectivity index (χ0v) is 12.8. The molecule has 1 aromatic rings. The lowest BCUT2D eigenvalue weighted by atomic mass is 9.91. The van der Waals surface area contributed by atoms with Gasteiger partial charge in [0.25, 0.3) is 0 Å². The van der Waals surface area contributed by atoms with Gasteiger partial charge in [-0.25, -0.2) is 8.78 Å². The molecule has 1 aromatic carbocycles. The molecule has 0 aromatic heterocycles. The van der Waals surface area contributed by atoms with E-state index in [1.54, 1.807) is 0 Å². The highest BCUT2D eigenvalue weighted by atomic mass is 19.1. The minimum atomic E-state index is -0.442. The van der Waals surface area contributed by atoms with E-state index in [1.807, 2.05) is 20.8 Å². The van der Waals surface area contributed by atoms with E-state index >= 15 is 0 Å². The maximum absolute atomic E-state index is 13.8. The van der Waals surface area contributed by atoms with Gasteiger partial charge >= 0.3 is 0 Å². The van der Waals surface area contributed by atoms with E-state index in [9.17, 15) is 8.78 Å². The van der Waals surface area contributed by atoms with Crippen LogP contribution in [0.1, 0.15) is 39.7 Å². The maximum Gasteiger partial charge on any atom is 0.126 e. The largest absolute Gasteiger partial charge is 0.374 e. The third kappa shape index (κ3) is 4.84. The number of benzene rings is 1. The van der Waals surface area contributed by atoms with Crippen molar-refractivity contribution in [1.29, 1.82) is 0 Å². The van der Waals surface area contributed by atoms with Crippen LogP contribution < -0.4 is 5.32 Å². The van der Waals surface area contributed by atoms with E-state index in [0.717, 1.165) is 19.0 Å². The first-order chi connectivity index (χ1) is 9.40. The third-order valence-electron chi connectivity index (χ3n) is 3.43. The zero-order chi connectivity index (χ0) is 15.2. The molecule has 1 unspecified atom stereocenters. The van der Waals surface area contributed by atoms with E-state index < -0.39 is 11.4 Å². The molecule has 1 atom stereocenters. The van der Waals surface area contributed by atoms with Gasteiger partial charge in [-0.2, -0.15) is 0 Å². The molecule has 0 spiro atoms. The summed E-state index contributed by atoms with van der Waals surface area (Å²) in [5, 5.41) is 3.38. The second-order valence-corrected chi connectivity index (χ2v) is 5.48. The molecule has 0 fully saturated rings. The zero-order valence-electron chi connectivity index (χ0n) is 12.8. The molecule has 4 heteroatoms. The highest BCUT2D eigenvalue weighted by Crippen LogP contribution is 2.21. The minimum absolute atomic E-state index is 0.0706. The van der Waals surface area contributed by atoms with Crippen LogP contribution in [0.3, 0.4) is 0 Å². The number of hydrogen-bond acceptors (Lipinski definition) is 2. The Balaban J connectivity index is 2.91. The fourth-order valence-electron chi connectivity index (χ4n) is 2.27. The van der Waals surface area contributed by atoms with Crippen LogP contribution >= 0.6 is 0 Å². The molecule has 0 aliphatic heterocycles. The van der Waals surface area contributed by atoms with Gasteiger partial charge in [0.1, 0.15) is 11.6 Å². The van der Waals surface area contributed by atoms with E-state index in [1.165, 1.54) is 12.1 Å². The van der Waals surface area contributed by atoms with E-state index in [0.29, 0.717) is 18.6 Å². The number of rotatable bonds is 8. The Hall–Kier alpha value is -1.00. The molecule has 0 radical (unpaired) electrons. The monoisotopic (exact) mass is 285 g/mol. The Labute approximate surface area is 120 Å². The summed E-state index contributed by atoms with van der Waals surface area (Å²) in [5.74, 6) is -0.785. The van der Waals surface area contributed by atoms with Gasteiger partial charge in [0.2, 0.25) is 0 Å². The normalized spacial score (nSPS) is 13.5. The van der Waals surface area contributed by atoms with Gasteiger partial charge in [-0.1, -0.05) is 6.92 Å². The number of halogens is 2. The van der Waals surface area contributed by atoms with Crippen molar-refractivity contribution < 1.29 is 13.5 Å². The molecule has 1 rings (SSSR count). The Kier molecular flexibility index (Phi) is 6.56. The third-order valence-corrected chi connectivity index (χ3v) is 3.43. The van der Waals surface area contributed by atoms with Crippen molar-refractivity contribution in [3.8, 4) is 0 Å². The Morgan fingerprint density at radius 1 is 1.25 bits per heavy atom. The van der Waals surface area contributed by atoms with Crippen molar-refractivity contribution in [3.05, 3.63) is 35.4 Å². The van der Waals surface area contributed by atoms with Crippen molar-refractivity contribution in [1.82, 2.24) is 5.32 Å². The number of ether oxygens (including phenoxy) is 1. The molecule has 0 heterocycles. The van der Waals surface area contributed by atoms with Crippen molar-refractivity contribution >= 4 is 0 Å². The fourth-order valence-corrected chi connectivity index (χ4v) is 2.27. The Bertz CT molecular complexity index is 421. The standard InChI is InChI=1S/C16H25F2NO/c1-5-9-19-15(16(3,4)20-6-2)11-12-10-13(17)7-8-14(12)18/h7-8,10,15,19H,5-6,9,11H2,1-4H3. The summed E-state index contributed by atoms with van der Waals surface area (Å²) in [6, 6.07) is 3.51. The van der Waals surface area contributed by atoms with Crippen LogP contribution in [0.5, 0.6) is 0 Å². The molecule has 0 saturated carbocycles. The summed E-state index contributed by atoms with van der Waals surface area (Å²) in [6.07, 6.45) is 1.38. The van der Waals surface area contributed by atoms with Crippen LogP contribution in [-0.2, 0) is 11.2 Å². The molecular weight excluding hydrogens is 260 g/mol. The second kappa shape index (κ2) is 7.70. The van der Waals surface area contributed by atoms with Crippen molar-refractivity contribution in [2.24, 2.45) is 0 Å². The topological polar surface area (TPSA) is 21.3 Å². The summed E-state index contributed by atoms with van der Waals surface area (Å²) >= 11 is 0. The van der Waals surface area contributed by atoms with Gasteiger partial charge in [-0.15, -0.1) is 0 Å². The van der Waals surface area contributed by atoms with Crippen LogP contribution in [-0.4, -0.2) is 24.8 Å². The summed E-state index contributed by atoms with van der Waals surface area (Å²) in [6.45, 7) is 9.35. The van der Waals surface area contributed by atoms with Gasteiger partial charge < -0.3 is 10.1 Å². The van der Waals surface area contributed by atoms with E-state index in [4.69, 9.17) is 4.74 Å². The molecule has 0 aliphatic carbocycles. The Morgan fingerprint density at radius 3 is 2.55 bits per heavy atom. The lowest BCUT2D eigenvalue weighted by molar-refractivity contribution is -0.0381. The molecule has 0 bridgehead atoms. The average molecular weight is 285 g/mol. The van der Waals surface area contributed by atoms with Crippen LogP contribution in [0.15, 0.2) is 18.2 Å². The summed E-state index contributed by atoms with van der Waals surface area (Å²) in [7, 11) is 0.